The molecule has 1 aliphatic carbocycles. The molecule has 0 saturated heterocycles. The van der Waals surface area contributed by atoms with E-state index in [0.717, 1.165) is 24.8 Å². The summed E-state index contributed by atoms with van der Waals surface area (Å²) in [6.45, 7) is 4.09. The van der Waals surface area contributed by atoms with Gasteiger partial charge in [-0.15, -0.1) is 0 Å². The van der Waals surface area contributed by atoms with Crippen molar-refractivity contribution in [2.75, 3.05) is 5.32 Å². The fourth-order valence-corrected chi connectivity index (χ4v) is 3.71. The van der Waals surface area contributed by atoms with Crippen molar-refractivity contribution in [1.82, 2.24) is 5.32 Å². The predicted molar refractivity (Wildman–Crippen MR) is 92.8 cm³/mol. The van der Waals surface area contributed by atoms with Gasteiger partial charge in [-0.25, -0.2) is 0 Å². The van der Waals surface area contributed by atoms with Gasteiger partial charge in [-0.2, -0.15) is 0 Å². The molecule has 1 aromatic carbocycles. The number of benzene rings is 1. The molecule has 1 saturated carbocycles. The SMILES string of the molecule is CC(C)c1ccccc1NC(=O)C1=C(O)C2(CCCCC2)NC1=O. The summed E-state index contributed by atoms with van der Waals surface area (Å²) in [6, 6.07) is 7.52. The molecular formula is C19H24N2O3. The zero-order valence-electron chi connectivity index (χ0n) is 14.2. The number of hydrogen-bond donors (Lipinski definition) is 3. The van der Waals surface area contributed by atoms with Gasteiger partial charge in [-0.1, -0.05) is 51.3 Å². The van der Waals surface area contributed by atoms with Crippen LogP contribution < -0.4 is 10.6 Å². The van der Waals surface area contributed by atoms with E-state index in [1.54, 1.807) is 0 Å². The largest absolute Gasteiger partial charge is 0.509 e. The third-order valence-corrected chi connectivity index (χ3v) is 5.04. The van der Waals surface area contributed by atoms with Crippen molar-refractivity contribution >= 4 is 17.5 Å². The van der Waals surface area contributed by atoms with E-state index in [9.17, 15) is 14.7 Å². The summed E-state index contributed by atoms with van der Waals surface area (Å²) in [7, 11) is 0. The summed E-state index contributed by atoms with van der Waals surface area (Å²) in [6.07, 6.45) is 4.34. The first-order chi connectivity index (χ1) is 11.4. The smallest absolute Gasteiger partial charge is 0.264 e. The summed E-state index contributed by atoms with van der Waals surface area (Å²) >= 11 is 0. The Balaban J connectivity index is 1.88. The molecule has 3 N–H and O–H groups in total. The highest BCUT2D eigenvalue weighted by molar-refractivity contribution is 6.25. The molecule has 1 aromatic rings. The van der Waals surface area contributed by atoms with E-state index in [0.29, 0.717) is 18.5 Å². The highest BCUT2D eigenvalue weighted by atomic mass is 16.3. The number of carbonyl (C=O) groups excluding carboxylic acids is 2. The summed E-state index contributed by atoms with van der Waals surface area (Å²) in [4.78, 5) is 25.0. The van der Waals surface area contributed by atoms with Crippen LogP contribution in [-0.2, 0) is 9.59 Å². The van der Waals surface area contributed by atoms with Crippen LogP contribution in [0.1, 0.15) is 57.4 Å². The molecule has 0 bridgehead atoms. The van der Waals surface area contributed by atoms with Crippen LogP contribution in [-0.4, -0.2) is 22.5 Å². The Bertz CT molecular complexity index is 700. The van der Waals surface area contributed by atoms with E-state index >= 15 is 0 Å². The van der Waals surface area contributed by atoms with Gasteiger partial charge in [0, 0.05) is 5.69 Å². The van der Waals surface area contributed by atoms with Crippen molar-refractivity contribution < 1.29 is 14.7 Å². The number of amides is 2. The van der Waals surface area contributed by atoms with Crippen molar-refractivity contribution in [3.8, 4) is 0 Å². The van der Waals surface area contributed by atoms with Crippen LogP contribution >= 0.6 is 0 Å². The fraction of sp³-hybridized carbons (Fsp3) is 0.474. The molecule has 3 rings (SSSR count). The Morgan fingerprint density at radius 1 is 1.21 bits per heavy atom. The maximum atomic E-state index is 12.6. The molecular weight excluding hydrogens is 304 g/mol. The minimum atomic E-state index is -0.737. The first-order valence-corrected chi connectivity index (χ1v) is 8.61. The van der Waals surface area contributed by atoms with E-state index in [4.69, 9.17) is 0 Å². The average molecular weight is 328 g/mol. The van der Waals surface area contributed by atoms with Crippen molar-refractivity contribution in [3.05, 3.63) is 41.2 Å². The van der Waals surface area contributed by atoms with Gasteiger partial charge in [0.25, 0.3) is 11.8 Å². The molecule has 0 atom stereocenters. The molecule has 2 amide bonds. The molecule has 1 spiro atoms. The Morgan fingerprint density at radius 2 is 1.88 bits per heavy atom. The van der Waals surface area contributed by atoms with Crippen LogP contribution in [0.3, 0.4) is 0 Å². The third-order valence-electron chi connectivity index (χ3n) is 5.04. The van der Waals surface area contributed by atoms with Crippen molar-refractivity contribution in [3.63, 3.8) is 0 Å². The molecule has 24 heavy (non-hydrogen) atoms. The highest BCUT2D eigenvalue weighted by Crippen LogP contribution is 2.38. The van der Waals surface area contributed by atoms with Crippen molar-refractivity contribution in [1.29, 1.82) is 0 Å². The van der Waals surface area contributed by atoms with Gasteiger partial charge in [-0.05, 0) is 30.4 Å². The van der Waals surface area contributed by atoms with E-state index in [1.165, 1.54) is 0 Å². The average Bonchev–Trinajstić information content (AvgIpc) is 2.78. The van der Waals surface area contributed by atoms with Gasteiger partial charge in [-0.3, -0.25) is 9.59 Å². The molecule has 2 aliphatic rings. The van der Waals surface area contributed by atoms with Crippen molar-refractivity contribution in [2.24, 2.45) is 0 Å². The number of aliphatic hydroxyl groups is 1. The number of nitrogens with one attached hydrogen (secondary N) is 2. The van der Waals surface area contributed by atoms with E-state index in [1.807, 2.05) is 38.1 Å². The maximum absolute atomic E-state index is 12.6. The van der Waals surface area contributed by atoms with Crippen molar-refractivity contribution in [2.45, 2.75) is 57.4 Å². The third kappa shape index (κ3) is 2.79. The minimum absolute atomic E-state index is 0.0910. The molecule has 1 fully saturated rings. The zero-order valence-corrected chi connectivity index (χ0v) is 14.2. The van der Waals surface area contributed by atoms with Crippen LogP contribution in [0.2, 0.25) is 0 Å². The predicted octanol–water partition coefficient (Wildman–Crippen LogP) is 3.39. The van der Waals surface area contributed by atoms with Gasteiger partial charge in [0.15, 0.2) is 0 Å². The Morgan fingerprint density at radius 3 is 2.54 bits per heavy atom. The minimum Gasteiger partial charge on any atom is -0.509 e. The van der Waals surface area contributed by atoms with Crippen LogP contribution in [0.4, 0.5) is 5.69 Å². The summed E-state index contributed by atoms with van der Waals surface area (Å²) in [5, 5.41) is 16.2. The molecule has 128 valence electrons. The van der Waals surface area contributed by atoms with Gasteiger partial charge in [0.2, 0.25) is 0 Å². The second-order valence-corrected chi connectivity index (χ2v) is 7.02. The molecule has 0 unspecified atom stereocenters. The second kappa shape index (κ2) is 6.30. The molecule has 0 radical (unpaired) electrons. The van der Waals surface area contributed by atoms with Gasteiger partial charge >= 0.3 is 0 Å². The van der Waals surface area contributed by atoms with E-state index in [-0.39, 0.29) is 17.3 Å². The van der Waals surface area contributed by atoms with Gasteiger partial charge < -0.3 is 15.7 Å². The number of anilines is 1. The maximum Gasteiger partial charge on any atom is 0.264 e. The fourth-order valence-electron chi connectivity index (χ4n) is 3.71. The number of hydrogen-bond acceptors (Lipinski definition) is 3. The highest BCUT2D eigenvalue weighted by Gasteiger charge is 2.48. The molecule has 5 heteroatoms. The molecule has 5 nitrogen and oxygen atoms in total. The number of carbonyl (C=O) groups is 2. The normalized spacial score (nSPS) is 19.7. The van der Waals surface area contributed by atoms with Crippen LogP contribution in [0.25, 0.3) is 0 Å². The molecule has 1 aliphatic heterocycles. The summed E-state index contributed by atoms with van der Waals surface area (Å²) in [5.74, 6) is -0.868. The van der Waals surface area contributed by atoms with E-state index in [2.05, 4.69) is 10.6 Å². The Hall–Kier alpha value is -2.30. The second-order valence-electron chi connectivity index (χ2n) is 7.02. The standard InChI is InChI=1S/C19H24N2O3/c1-12(2)13-8-4-5-9-14(13)20-17(23)15-16(22)19(21-18(15)24)10-6-3-7-11-19/h4-5,8-9,12,22H,3,6-7,10-11H2,1-2H3,(H,20,23)(H,21,24). The monoisotopic (exact) mass is 328 g/mol. The van der Waals surface area contributed by atoms with E-state index < -0.39 is 17.4 Å². The number of para-hydroxylation sites is 1. The van der Waals surface area contributed by atoms with Crippen LogP contribution in [0.15, 0.2) is 35.6 Å². The topological polar surface area (TPSA) is 78.4 Å². The van der Waals surface area contributed by atoms with Gasteiger partial charge in [0.1, 0.15) is 11.3 Å². The lowest BCUT2D eigenvalue weighted by molar-refractivity contribution is -0.121. The summed E-state index contributed by atoms with van der Waals surface area (Å²) < 4.78 is 0. The summed E-state index contributed by atoms with van der Waals surface area (Å²) in [5.41, 5.74) is 0.793. The van der Waals surface area contributed by atoms with Crippen LogP contribution in [0, 0.1) is 0 Å². The van der Waals surface area contributed by atoms with Crippen LogP contribution in [0.5, 0.6) is 0 Å². The zero-order chi connectivity index (χ0) is 17.3. The quantitative estimate of drug-likeness (QED) is 0.744. The molecule has 1 heterocycles. The number of rotatable bonds is 3. The lowest BCUT2D eigenvalue weighted by Gasteiger charge is -2.33. The van der Waals surface area contributed by atoms with Gasteiger partial charge in [0.05, 0.1) is 5.54 Å². The lowest BCUT2D eigenvalue weighted by Crippen LogP contribution is -2.46. The lowest BCUT2D eigenvalue weighted by atomic mass is 9.81. The molecule has 0 aromatic heterocycles. The number of aliphatic hydroxyl groups excluding tert-OH is 1. The Kier molecular flexibility index (Phi) is 4.35. The first-order valence-electron chi connectivity index (χ1n) is 8.61. The first kappa shape index (κ1) is 16.6. The Labute approximate surface area is 142 Å².